The van der Waals surface area contributed by atoms with Gasteiger partial charge >= 0.3 is 6.09 Å². The molecule has 8 nitrogen and oxygen atoms in total. The first-order chi connectivity index (χ1) is 11.5. The Bertz CT molecular complexity index is 638. The van der Waals surface area contributed by atoms with Gasteiger partial charge in [0.05, 0.1) is 10.2 Å². The van der Waals surface area contributed by atoms with E-state index in [0.29, 0.717) is 21.7 Å². The van der Waals surface area contributed by atoms with Gasteiger partial charge in [-0.2, -0.15) is 0 Å². The number of carbonyl (C=O) groups excluding carboxylic acids is 1. The van der Waals surface area contributed by atoms with Gasteiger partial charge in [0.1, 0.15) is 11.3 Å². The molecule has 0 saturated carbocycles. The average molecular weight is 415 g/mol. The minimum atomic E-state index is -0.512. The Morgan fingerprint density at radius 3 is 2.52 bits per heavy atom. The van der Waals surface area contributed by atoms with Gasteiger partial charge in [-0.25, -0.2) is 9.78 Å². The fourth-order valence-corrected chi connectivity index (χ4v) is 3.06. The van der Waals surface area contributed by atoms with E-state index in [0.717, 1.165) is 25.9 Å². The summed E-state index contributed by atoms with van der Waals surface area (Å²) in [7, 11) is 0. The predicted octanol–water partition coefficient (Wildman–Crippen LogP) is 2.60. The Morgan fingerprint density at radius 2 is 2.00 bits per heavy atom. The van der Waals surface area contributed by atoms with E-state index < -0.39 is 11.7 Å². The molecule has 0 bridgehead atoms. The average Bonchev–Trinajstić information content (AvgIpc) is 2.48. The number of piperidine rings is 1. The SMILES string of the molecule is CC1(NC(=O)OC(C)(C)C)CCN(c2ncc(Br)c(N)c2NN)CC1. The number of hydrogen-bond acceptors (Lipinski definition) is 7. The van der Waals surface area contributed by atoms with Gasteiger partial charge in [0.15, 0.2) is 5.82 Å². The Kier molecular flexibility index (Phi) is 5.68. The number of carbonyl (C=O) groups is 1. The molecule has 0 atom stereocenters. The number of nitrogens with two attached hydrogens (primary N) is 2. The smallest absolute Gasteiger partial charge is 0.408 e. The van der Waals surface area contributed by atoms with Crippen LogP contribution in [0.5, 0.6) is 0 Å². The van der Waals surface area contributed by atoms with Crippen molar-refractivity contribution < 1.29 is 9.53 Å². The summed E-state index contributed by atoms with van der Waals surface area (Å²) in [4.78, 5) is 18.6. The molecule has 1 amide bonds. The molecule has 6 N–H and O–H groups in total. The zero-order valence-electron chi connectivity index (χ0n) is 15.1. The highest BCUT2D eigenvalue weighted by molar-refractivity contribution is 9.10. The van der Waals surface area contributed by atoms with Gasteiger partial charge in [0.2, 0.25) is 0 Å². The lowest BCUT2D eigenvalue weighted by Gasteiger charge is -2.41. The molecule has 1 fully saturated rings. The summed E-state index contributed by atoms with van der Waals surface area (Å²) in [6, 6.07) is 0. The van der Waals surface area contributed by atoms with Crippen LogP contribution in [0.15, 0.2) is 10.7 Å². The molecule has 0 aromatic carbocycles. The van der Waals surface area contributed by atoms with Crippen LogP contribution in [0.1, 0.15) is 40.5 Å². The van der Waals surface area contributed by atoms with E-state index in [2.05, 4.69) is 36.6 Å². The van der Waals surface area contributed by atoms with Crippen LogP contribution in [-0.4, -0.2) is 35.3 Å². The topological polar surface area (TPSA) is 119 Å². The van der Waals surface area contributed by atoms with Crippen molar-refractivity contribution in [2.75, 3.05) is 29.1 Å². The van der Waals surface area contributed by atoms with Crippen LogP contribution in [0, 0.1) is 0 Å². The third-order valence-corrected chi connectivity index (χ3v) is 4.80. The predicted molar refractivity (Wildman–Crippen MR) is 103 cm³/mol. The Hall–Kier alpha value is -1.74. The van der Waals surface area contributed by atoms with Crippen LogP contribution in [0.3, 0.4) is 0 Å². The Labute approximate surface area is 156 Å². The number of rotatable bonds is 3. The number of alkyl carbamates (subject to hydrolysis) is 1. The molecule has 1 saturated heterocycles. The second-order valence-electron chi connectivity index (χ2n) is 7.54. The van der Waals surface area contributed by atoms with E-state index >= 15 is 0 Å². The summed E-state index contributed by atoms with van der Waals surface area (Å²) in [6.07, 6.45) is 2.79. The number of nitrogen functional groups attached to an aromatic ring is 2. The van der Waals surface area contributed by atoms with Crippen molar-refractivity contribution in [3.8, 4) is 0 Å². The number of pyridine rings is 1. The van der Waals surface area contributed by atoms with Gasteiger partial charge in [-0.1, -0.05) is 0 Å². The number of nitrogens with one attached hydrogen (secondary N) is 2. The van der Waals surface area contributed by atoms with Gasteiger partial charge in [-0.3, -0.25) is 5.84 Å². The maximum absolute atomic E-state index is 12.1. The monoisotopic (exact) mass is 414 g/mol. The highest BCUT2D eigenvalue weighted by Crippen LogP contribution is 2.36. The van der Waals surface area contributed by atoms with Gasteiger partial charge < -0.3 is 26.1 Å². The van der Waals surface area contributed by atoms with Crippen molar-refractivity contribution in [3.63, 3.8) is 0 Å². The Morgan fingerprint density at radius 1 is 1.40 bits per heavy atom. The minimum absolute atomic E-state index is 0.323. The number of amides is 1. The Balaban J connectivity index is 2.04. The third kappa shape index (κ3) is 4.88. The quantitative estimate of drug-likeness (QED) is 0.443. The highest BCUT2D eigenvalue weighted by atomic mass is 79.9. The van der Waals surface area contributed by atoms with E-state index in [1.54, 1.807) is 6.20 Å². The van der Waals surface area contributed by atoms with Crippen molar-refractivity contribution >= 4 is 39.2 Å². The van der Waals surface area contributed by atoms with Crippen LogP contribution in [-0.2, 0) is 4.74 Å². The van der Waals surface area contributed by atoms with Crippen molar-refractivity contribution in [1.82, 2.24) is 10.3 Å². The number of aromatic nitrogens is 1. The molecule has 1 aromatic rings. The van der Waals surface area contributed by atoms with Gasteiger partial charge in [0.25, 0.3) is 0 Å². The summed E-state index contributed by atoms with van der Waals surface area (Å²) < 4.78 is 6.05. The molecule has 1 aliphatic heterocycles. The number of halogens is 1. The second kappa shape index (κ2) is 7.25. The highest BCUT2D eigenvalue weighted by Gasteiger charge is 2.34. The number of hydrogen-bond donors (Lipinski definition) is 4. The van der Waals surface area contributed by atoms with Crippen molar-refractivity contribution in [1.29, 1.82) is 0 Å². The summed E-state index contributed by atoms with van der Waals surface area (Å²) in [5.41, 5.74) is 8.96. The standard InChI is InChI=1S/C16H27BrN6O2/c1-15(2,3)25-14(24)21-16(4)5-7-23(8-6-16)13-12(22-19)11(18)10(17)9-20-13/h9,22H,5-8,19H2,1-4H3,(H2,18,20)(H,21,24). The fourth-order valence-electron chi connectivity index (χ4n) is 2.76. The third-order valence-electron chi connectivity index (χ3n) is 4.16. The van der Waals surface area contributed by atoms with Crippen LogP contribution < -0.4 is 27.2 Å². The minimum Gasteiger partial charge on any atom is -0.444 e. The molecule has 1 aromatic heterocycles. The molecule has 0 spiro atoms. The zero-order chi connectivity index (χ0) is 18.8. The van der Waals surface area contributed by atoms with E-state index in [1.165, 1.54) is 0 Å². The lowest BCUT2D eigenvalue weighted by Crippen LogP contribution is -2.54. The zero-order valence-corrected chi connectivity index (χ0v) is 16.7. The first-order valence-electron chi connectivity index (χ1n) is 8.21. The second-order valence-corrected chi connectivity index (χ2v) is 8.39. The van der Waals surface area contributed by atoms with Gasteiger partial charge in [-0.05, 0) is 56.5 Å². The molecule has 25 heavy (non-hydrogen) atoms. The van der Waals surface area contributed by atoms with E-state index in [-0.39, 0.29) is 5.54 Å². The summed E-state index contributed by atoms with van der Waals surface area (Å²) in [5.74, 6) is 6.32. The van der Waals surface area contributed by atoms with Crippen molar-refractivity contribution in [2.45, 2.75) is 51.7 Å². The number of anilines is 3. The van der Waals surface area contributed by atoms with Crippen molar-refractivity contribution in [2.24, 2.45) is 5.84 Å². The van der Waals surface area contributed by atoms with Crippen LogP contribution in [0.25, 0.3) is 0 Å². The maximum atomic E-state index is 12.1. The molecule has 9 heteroatoms. The van der Waals surface area contributed by atoms with Gasteiger partial charge in [0, 0.05) is 24.8 Å². The first-order valence-corrected chi connectivity index (χ1v) is 9.01. The molecule has 0 unspecified atom stereocenters. The van der Waals surface area contributed by atoms with Crippen molar-refractivity contribution in [3.05, 3.63) is 10.7 Å². The van der Waals surface area contributed by atoms with Gasteiger partial charge in [-0.15, -0.1) is 0 Å². The lowest BCUT2D eigenvalue weighted by atomic mass is 9.89. The largest absolute Gasteiger partial charge is 0.444 e. The van der Waals surface area contributed by atoms with E-state index in [9.17, 15) is 4.79 Å². The molecule has 2 heterocycles. The summed E-state index contributed by atoms with van der Waals surface area (Å²) >= 11 is 3.35. The molecule has 0 aliphatic carbocycles. The lowest BCUT2D eigenvalue weighted by molar-refractivity contribution is 0.0448. The molecule has 140 valence electrons. The van der Waals surface area contributed by atoms with E-state index in [1.807, 2.05) is 27.7 Å². The maximum Gasteiger partial charge on any atom is 0.408 e. The van der Waals surface area contributed by atoms with E-state index in [4.69, 9.17) is 16.3 Å². The number of hydrazine groups is 1. The summed E-state index contributed by atoms with van der Waals surface area (Å²) in [5, 5.41) is 2.99. The van der Waals surface area contributed by atoms with Crippen LogP contribution in [0.2, 0.25) is 0 Å². The van der Waals surface area contributed by atoms with Crippen LogP contribution in [0.4, 0.5) is 22.0 Å². The molecule has 0 radical (unpaired) electrons. The summed E-state index contributed by atoms with van der Waals surface area (Å²) in [6.45, 7) is 9.01. The first kappa shape index (κ1) is 19.6. The molecule has 1 aliphatic rings. The number of nitrogens with zero attached hydrogens (tertiary/aromatic N) is 2. The molecular weight excluding hydrogens is 388 g/mol. The normalized spacial score (nSPS) is 17.1. The fraction of sp³-hybridized carbons (Fsp3) is 0.625. The van der Waals surface area contributed by atoms with Crippen LogP contribution >= 0.6 is 15.9 Å². The number of ether oxygens (including phenoxy) is 1. The molecule has 2 rings (SSSR count). The molecular formula is C16H27BrN6O2.